The van der Waals surface area contributed by atoms with Crippen LogP contribution in [0.25, 0.3) is 10.2 Å². The average Bonchev–Trinajstić information content (AvgIpc) is 3.10. The number of hydrogen-bond acceptors (Lipinski definition) is 6. The number of nitrogens with zero attached hydrogens (tertiary/aromatic N) is 2. The highest BCUT2D eigenvalue weighted by atomic mass is 32.2. The quantitative estimate of drug-likeness (QED) is 0.378. The molecule has 25 heavy (non-hydrogen) atoms. The third kappa shape index (κ3) is 4.43. The third-order valence-electron chi connectivity index (χ3n) is 3.53. The smallest absolute Gasteiger partial charge is 0.224 e. The maximum absolute atomic E-state index is 12.4. The molecule has 3 rings (SSSR count). The topological polar surface area (TPSA) is 72.0 Å². The van der Waals surface area contributed by atoms with E-state index in [4.69, 9.17) is 0 Å². The zero-order valence-corrected chi connectivity index (χ0v) is 15.3. The number of fused-ring (bicyclic) bond motifs is 1. The Bertz CT molecular complexity index is 891. The van der Waals surface area contributed by atoms with Crippen molar-refractivity contribution in [3.63, 3.8) is 0 Å². The van der Waals surface area contributed by atoms with Gasteiger partial charge in [0, 0.05) is 23.1 Å². The molecule has 1 N–H and O–H groups in total. The molecule has 2 heterocycles. The Labute approximate surface area is 153 Å². The van der Waals surface area contributed by atoms with Crippen LogP contribution >= 0.6 is 23.1 Å². The first-order chi connectivity index (χ1) is 12.2. The van der Waals surface area contributed by atoms with E-state index >= 15 is 0 Å². The number of anilines is 1. The summed E-state index contributed by atoms with van der Waals surface area (Å²) in [6.45, 7) is 1.96. The molecular formula is C18H17N3O2S2. The van der Waals surface area contributed by atoms with Crippen molar-refractivity contribution in [3.05, 3.63) is 47.6 Å². The van der Waals surface area contributed by atoms with Crippen LogP contribution in [0.4, 0.5) is 5.69 Å². The summed E-state index contributed by atoms with van der Waals surface area (Å²) in [7, 11) is 0. The molecule has 0 bridgehead atoms. The lowest BCUT2D eigenvalue weighted by atomic mass is 10.1. The Morgan fingerprint density at radius 2 is 1.96 bits per heavy atom. The van der Waals surface area contributed by atoms with Crippen LogP contribution in [0, 0.1) is 0 Å². The van der Waals surface area contributed by atoms with Gasteiger partial charge in [-0.2, -0.15) is 0 Å². The largest absolute Gasteiger partial charge is 0.326 e. The van der Waals surface area contributed by atoms with E-state index in [2.05, 4.69) is 15.3 Å². The molecule has 0 aliphatic heterocycles. The highest BCUT2D eigenvalue weighted by Gasteiger charge is 2.11. The van der Waals surface area contributed by atoms with Crippen LogP contribution in [0.3, 0.4) is 0 Å². The molecule has 0 fully saturated rings. The van der Waals surface area contributed by atoms with Gasteiger partial charge in [-0.15, -0.1) is 11.3 Å². The van der Waals surface area contributed by atoms with Crippen LogP contribution in [0.5, 0.6) is 0 Å². The maximum Gasteiger partial charge on any atom is 0.224 e. The van der Waals surface area contributed by atoms with Crippen LogP contribution in [-0.2, 0) is 4.79 Å². The predicted octanol–water partition coefficient (Wildman–Crippen LogP) is 4.40. The van der Waals surface area contributed by atoms with Crippen molar-refractivity contribution >= 4 is 50.7 Å². The second-order valence-electron chi connectivity index (χ2n) is 5.41. The van der Waals surface area contributed by atoms with E-state index in [9.17, 15) is 9.59 Å². The summed E-state index contributed by atoms with van der Waals surface area (Å²) >= 11 is 2.97. The van der Waals surface area contributed by atoms with Crippen molar-refractivity contribution in [1.29, 1.82) is 0 Å². The number of Topliss-reactive ketones (excluding diaryl/α,β-unsaturated/α-hetero) is 1. The Morgan fingerprint density at radius 3 is 2.72 bits per heavy atom. The average molecular weight is 371 g/mol. The molecule has 5 nitrogen and oxygen atoms in total. The van der Waals surface area contributed by atoms with Crippen LogP contribution in [0.2, 0.25) is 0 Å². The van der Waals surface area contributed by atoms with Gasteiger partial charge in [0.25, 0.3) is 0 Å². The van der Waals surface area contributed by atoms with Crippen molar-refractivity contribution in [2.75, 3.05) is 11.1 Å². The van der Waals surface area contributed by atoms with Crippen molar-refractivity contribution in [2.45, 2.75) is 24.8 Å². The van der Waals surface area contributed by atoms with Crippen LogP contribution in [0.1, 0.15) is 30.1 Å². The lowest BCUT2D eigenvalue weighted by molar-refractivity contribution is -0.116. The number of carbonyl (C=O) groups is 2. The zero-order valence-electron chi connectivity index (χ0n) is 13.7. The first-order valence-corrected chi connectivity index (χ1v) is 9.78. The van der Waals surface area contributed by atoms with Crippen molar-refractivity contribution in [1.82, 2.24) is 9.97 Å². The second kappa shape index (κ2) is 8.22. The molecule has 0 unspecified atom stereocenters. The number of benzene rings is 1. The molecule has 7 heteroatoms. The number of rotatable bonds is 7. The zero-order chi connectivity index (χ0) is 17.6. The fraction of sp³-hybridized carbons (Fsp3) is 0.222. The standard InChI is InChI=1S/C18H17N3O2S2/c1-2-3-16(23)21-13-6-4-12(5-7-13)15(22)10-25-18-14-8-9-24-17(14)19-11-20-18/h4-9,11H,2-3,10H2,1H3,(H,21,23). The minimum absolute atomic E-state index is 0.0133. The number of ketones is 1. The number of amides is 1. The number of thioether (sulfide) groups is 1. The molecule has 0 atom stereocenters. The molecule has 128 valence electrons. The highest BCUT2D eigenvalue weighted by molar-refractivity contribution is 8.00. The lowest BCUT2D eigenvalue weighted by Gasteiger charge is -2.06. The van der Waals surface area contributed by atoms with E-state index in [1.54, 1.807) is 35.6 Å². The van der Waals surface area contributed by atoms with E-state index in [1.807, 2.05) is 18.4 Å². The minimum atomic E-state index is -0.0133. The second-order valence-corrected chi connectivity index (χ2v) is 7.26. The normalized spacial score (nSPS) is 10.8. The van der Waals surface area contributed by atoms with Crippen LogP contribution < -0.4 is 5.32 Å². The number of nitrogens with one attached hydrogen (secondary N) is 1. The summed E-state index contributed by atoms with van der Waals surface area (Å²) in [5.74, 6) is 0.322. The fourth-order valence-electron chi connectivity index (χ4n) is 2.29. The summed E-state index contributed by atoms with van der Waals surface area (Å²) in [5.41, 5.74) is 1.33. The van der Waals surface area contributed by atoms with Gasteiger partial charge in [-0.25, -0.2) is 9.97 Å². The van der Waals surface area contributed by atoms with Gasteiger partial charge in [-0.3, -0.25) is 9.59 Å². The van der Waals surface area contributed by atoms with Crippen molar-refractivity contribution in [3.8, 4) is 0 Å². The molecule has 3 aromatic rings. The molecule has 0 saturated carbocycles. The molecule has 0 saturated heterocycles. The summed E-state index contributed by atoms with van der Waals surface area (Å²) in [5, 5.41) is 6.59. The van der Waals surface area contributed by atoms with Crippen molar-refractivity contribution in [2.24, 2.45) is 0 Å². The Morgan fingerprint density at radius 1 is 1.16 bits per heavy atom. The molecule has 0 aliphatic carbocycles. The fourth-order valence-corrected chi connectivity index (χ4v) is 3.96. The van der Waals surface area contributed by atoms with Gasteiger partial charge in [0.2, 0.25) is 5.91 Å². The number of hydrogen-bond donors (Lipinski definition) is 1. The molecule has 2 aromatic heterocycles. The summed E-state index contributed by atoms with van der Waals surface area (Å²) < 4.78 is 0. The lowest BCUT2D eigenvalue weighted by Crippen LogP contribution is -2.10. The summed E-state index contributed by atoms with van der Waals surface area (Å²) in [4.78, 5) is 33.4. The maximum atomic E-state index is 12.4. The Balaban J connectivity index is 1.61. The van der Waals surface area contributed by atoms with Crippen molar-refractivity contribution < 1.29 is 9.59 Å². The van der Waals surface area contributed by atoms with Gasteiger partial charge < -0.3 is 5.32 Å². The van der Waals surface area contributed by atoms with Gasteiger partial charge >= 0.3 is 0 Å². The molecule has 0 aliphatic rings. The summed E-state index contributed by atoms with van der Waals surface area (Å²) in [6.07, 6.45) is 2.83. The molecule has 0 radical (unpaired) electrons. The monoisotopic (exact) mass is 371 g/mol. The Hall–Kier alpha value is -2.25. The Kier molecular flexibility index (Phi) is 5.78. The summed E-state index contributed by atoms with van der Waals surface area (Å²) in [6, 6.07) is 8.97. The van der Waals surface area contributed by atoms with Crippen LogP contribution in [0.15, 0.2) is 47.1 Å². The molecule has 0 spiro atoms. The molecule has 1 amide bonds. The predicted molar refractivity (Wildman–Crippen MR) is 102 cm³/mol. The van der Waals surface area contributed by atoms with Crippen LogP contribution in [-0.4, -0.2) is 27.4 Å². The molecular weight excluding hydrogens is 354 g/mol. The van der Waals surface area contributed by atoms with E-state index in [0.717, 1.165) is 21.7 Å². The van der Waals surface area contributed by atoms with E-state index in [1.165, 1.54) is 18.1 Å². The van der Waals surface area contributed by atoms with E-state index in [0.29, 0.717) is 23.4 Å². The SMILES string of the molecule is CCCC(=O)Nc1ccc(C(=O)CSc2ncnc3sccc23)cc1. The first kappa shape index (κ1) is 17.6. The first-order valence-electron chi connectivity index (χ1n) is 7.91. The minimum Gasteiger partial charge on any atom is -0.326 e. The molecule has 1 aromatic carbocycles. The van der Waals surface area contributed by atoms with Gasteiger partial charge in [0.15, 0.2) is 5.78 Å². The third-order valence-corrected chi connectivity index (χ3v) is 5.36. The van der Waals surface area contributed by atoms with Gasteiger partial charge in [-0.1, -0.05) is 18.7 Å². The van der Waals surface area contributed by atoms with Gasteiger partial charge in [0.05, 0.1) is 5.75 Å². The van der Waals surface area contributed by atoms with E-state index < -0.39 is 0 Å². The van der Waals surface area contributed by atoms with Gasteiger partial charge in [-0.05, 0) is 42.1 Å². The number of aromatic nitrogens is 2. The van der Waals surface area contributed by atoms with E-state index in [-0.39, 0.29) is 11.7 Å². The van der Waals surface area contributed by atoms with Gasteiger partial charge in [0.1, 0.15) is 16.2 Å². The highest BCUT2D eigenvalue weighted by Crippen LogP contribution is 2.28. The number of carbonyl (C=O) groups excluding carboxylic acids is 2. The number of thiophene rings is 1.